The molecule has 1 N–H and O–H groups in total. The highest BCUT2D eigenvalue weighted by molar-refractivity contribution is 7.89. The molecule has 2 rings (SSSR count). The van der Waals surface area contributed by atoms with Crippen molar-refractivity contribution < 1.29 is 13.2 Å². The predicted molar refractivity (Wildman–Crippen MR) is 99.9 cm³/mol. The molecular weight excluding hydrogens is 336 g/mol. The molecule has 0 unspecified atom stereocenters. The Hall–Kier alpha value is -1.40. The van der Waals surface area contributed by atoms with Crippen LogP contribution in [0.4, 0.5) is 0 Å². The number of nitrogens with one attached hydrogen (secondary N) is 1. The zero-order valence-electron chi connectivity index (χ0n) is 15.7. The van der Waals surface area contributed by atoms with Crippen LogP contribution < -0.4 is 4.72 Å². The molecule has 1 aromatic rings. The number of hydrogen-bond acceptors (Lipinski definition) is 3. The Bertz CT molecular complexity index is 675. The third-order valence-corrected chi connectivity index (χ3v) is 6.20. The molecule has 0 aliphatic carbocycles. The van der Waals surface area contributed by atoms with Gasteiger partial charge in [0.15, 0.2) is 0 Å². The smallest absolute Gasteiger partial charge is 0.241 e. The molecule has 6 heteroatoms. The van der Waals surface area contributed by atoms with Gasteiger partial charge in [-0.25, -0.2) is 8.42 Å². The molecule has 5 nitrogen and oxygen atoms in total. The van der Waals surface area contributed by atoms with Gasteiger partial charge in [0, 0.05) is 13.1 Å². The summed E-state index contributed by atoms with van der Waals surface area (Å²) in [5.41, 5.74) is 1.09. The summed E-state index contributed by atoms with van der Waals surface area (Å²) in [4.78, 5) is 14.8. The highest BCUT2D eigenvalue weighted by Crippen LogP contribution is 2.19. The lowest BCUT2D eigenvalue weighted by atomic mass is 10.0. The molecule has 1 amide bonds. The van der Waals surface area contributed by atoms with Crippen molar-refractivity contribution in [1.29, 1.82) is 0 Å². The van der Waals surface area contributed by atoms with E-state index in [0.717, 1.165) is 24.8 Å². The van der Waals surface area contributed by atoms with Crippen molar-refractivity contribution in [3.05, 3.63) is 29.8 Å². The second-order valence-electron chi connectivity index (χ2n) is 7.45. The summed E-state index contributed by atoms with van der Waals surface area (Å²) in [6, 6.07) is 6.15. The van der Waals surface area contributed by atoms with Gasteiger partial charge in [0.25, 0.3) is 0 Å². The quantitative estimate of drug-likeness (QED) is 0.841. The SMILES string of the molecule is CC(C)c1ccc(S(=O)(=O)N[C@H](C(=O)N2CCCCC2)C(C)C)cc1. The highest BCUT2D eigenvalue weighted by Gasteiger charge is 2.32. The maximum absolute atomic E-state index is 12.8. The van der Waals surface area contributed by atoms with E-state index in [0.29, 0.717) is 19.0 Å². The Balaban J connectivity index is 2.17. The number of amides is 1. The number of nitrogens with zero attached hydrogens (tertiary/aromatic N) is 1. The lowest BCUT2D eigenvalue weighted by Gasteiger charge is -2.32. The van der Waals surface area contributed by atoms with Crippen LogP contribution >= 0.6 is 0 Å². The lowest BCUT2D eigenvalue weighted by Crippen LogP contribution is -2.52. The summed E-state index contributed by atoms with van der Waals surface area (Å²) in [5.74, 6) is 0.116. The van der Waals surface area contributed by atoms with E-state index in [1.54, 1.807) is 17.0 Å². The van der Waals surface area contributed by atoms with E-state index in [9.17, 15) is 13.2 Å². The first-order valence-electron chi connectivity index (χ1n) is 9.13. The average Bonchev–Trinajstić information content (AvgIpc) is 2.59. The largest absolute Gasteiger partial charge is 0.341 e. The number of likely N-dealkylation sites (tertiary alicyclic amines) is 1. The average molecular weight is 367 g/mol. The number of carbonyl (C=O) groups excluding carboxylic acids is 1. The Morgan fingerprint density at radius 1 is 1.00 bits per heavy atom. The van der Waals surface area contributed by atoms with Crippen molar-refractivity contribution in [2.45, 2.75) is 63.8 Å². The van der Waals surface area contributed by atoms with E-state index in [1.807, 2.05) is 26.0 Å². The molecule has 1 saturated heterocycles. The van der Waals surface area contributed by atoms with Crippen LogP contribution in [0, 0.1) is 5.92 Å². The van der Waals surface area contributed by atoms with E-state index in [-0.39, 0.29) is 16.7 Å². The van der Waals surface area contributed by atoms with Crippen LogP contribution in [0.25, 0.3) is 0 Å². The van der Waals surface area contributed by atoms with Crippen LogP contribution in [0.3, 0.4) is 0 Å². The molecule has 0 bridgehead atoms. The minimum atomic E-state index is -3.73. The van der Waals surface area contributed by atoms with Crippen LogP contribution in [-0.2, 0) is 14.8 Å². The van der Waals surface area contributed by atoms with Crippen LogP contribution in [0.1, 0.15) is 58.4 Å². The van der Waals surface area contributed by atoms with Crippen LogP contribution in [0.5, 0.6) is 0 Å². The normalized spacial score (nSPS) is 17.1. The van der Waals surface area contributed by atoms with Gasteiger partial charge in [-0.15, -0.1) is 0 Å². The van der Waals surface area contributed by atoms with Crippen LogP contribution in [0.15, 0.2) is 29.2 Å². The number of benzene rings is 1. The highest BCUT2D eigenvalue weighted by atomic mass is 32.2. The standard InChI is InChI=1S/C19H30N2O3S/c1-14(2)16-8-10-17(11-9-16)25(23,24)20-18(15(3)4)19(22)21-12-6-5-7-13-21/h8-11,14-15,18,20H,5-7,12-13H2,1-4H3/t18-/m0/s1. The van der Waals surface area contributed by atoms with Crippen LogP contribution in [0.2, 0.25) is 0 Å². The van der Waals surface area contributed by atoms with Crippen molar-refractivity contribution in [3.63, 3.8) is 0 Å². The number of carbonyl (C=O) groups is 1. The van der Waals surface area contributed by atoms with Gasteiger partial charge in [0.05, 0.1) is 4.90 Å². The molecule has 1 atom stereocenters. The zero-order chi connectivity index (χ0) is 18.6. The Labute approximate surface area is 151 Å². The predicted octanol–water partition coefficient (Wildman–Crippen LogP) is 3.13. The summed E-state index contributed by atoms with van der Waals surface area (Å²) in [5, 5.41) is 0. The summed E-state index contributed by atoms with van der Waals surface area (Å²) in [6.07, 6.45) is 3.10. The van der Waals surface area contributed by atoms with Gasteiger partial charge < -0.3 is 4.90 Å². The summed E-state index contributed by atoms with van der Waals surface area (Å²) in [6.45, 7) is 9.30. The fourth-order valence-corrected chi connectivity index (χ4v) is 4.39. The first-order chi connectivity index (χ1) is 11.7. The monoisotopic (exact) mass is 366 g/mol. The minimum Gasteiger partial charge on any atom is -0.341 e. The molecule has 1 aliphatic rings. The molecule has 140 valence electrons. The second kappa shape index (κ2) is 8.32. The molecular formula is C19H30N2O3S. The number of sulfonamides is 1. The van der Waals surface area contributed by atoms with Gasteiger partial charge in [-0.3, -0.25) is 4.79 Å². The molecule has 0 aromatic heterocycles. The topological polar surface area (TPSA) is 66.5 Å². The second-order valence-corrected chi connectivity index (χ2v) is 9.17. The van der Waals surface area contributed by atoms with Crippen LogP contribution in [-0.4, -0.2) is 38.4 Å². The van der Waals surface area contributed by atoms with Crippen molar-refractivity contribution >= 4 is 15.9 Å². The van der Waals surface area contributed by atoms with Gasteiger partial charge in [-0.2, -0.15) is 4.72 Å². The molecule has 0 saturated carbocycles. The van der Waals surface area contributed by atoms with E-state index in [4.69, 9.17) is 0 Å². The van der Waals surface area contributed by atoms with Gasteiger partial charge in [0.2, 0.25) is 15.9 Å². The third-order valence-electron chi connectivity index (χ3n) is 4.74. The molecule has 1 heterocycles. The summed E-state index contributed by atoms with van der Waals surface area (Å²) in [7, 11) is -3.73. The molecule has 0 radical (unpaired) electrons. The maximum atomic E-state index is 12.8. The third kappa shape index (κ3) is 5.05. The Kier molecular flexibility index (Phi) is 6.63. The molecule has 1 aromatic carbocycles. The molecule has 25 heavy (non-hydrogen) atoms. The fourth-order valence-electron chi connectivity index (χ4n) is 3.05. The minimum absolute atomic E-state index is 0.112. The fraction of sp³-hybridized carbons (Fsp3) is 0.632. The van der Waals surface area contributed by atoms with Crippen molar-refractivity contribution in [1.82, 2.24) is 9.62 Å². The van der Waals surface area contributed by atoms with Gasteiger partial charge in [-0.05, 0) is 48.8 Å². The van der Waals surface area contributed by atoms with E-state index >= 15 is 0 Å². The molecule has 1 fully saturated rings. The first kappa shape index (κ1) is 19.9. The maximum Gasteiger partial charge on any atom is 0.241 e. The summed E-state index contributed by atoms with van der Waals surface area (Å²) < 4.78 is 28.1. The lowest BCUT2D eigenvalue weighted by molar-refractivity contribution is -0.134. The molecule has 0 spiro atoms. The van der Waals surface area contributed by atoms with Gasteiger partial charge >= 0.3 is 0 Å². The van der Waals surface area contributed by atoms with Crippen molar-refractivity contribution in [2.24, 2.45) is 5.92 Å². The summed E-state index contributed by atoms with van der Waals surface area (Å²) >= 11 is 0. The number of rotatable bonds is 6. The van der Waals surface area contributed by atoms with E-state index in [1.165, 1.54) is 0 Å². The zero-order valence-corrected chi connectivity index (χ0v) is 16.5. The number of piperidine rings is 1. The first-order valence-corrected chi connectivity index (χ1v) is 10.6. The van der Waals surface area contributed by atoms with Gasteiger partial charge in [0.1, 0.15) is 6.04 Å². The van der Waals surface area contributed by atoms with Crippen molar-refractivity contribution in [3.8, 4) is 0 Å². The van der Waals surface area contributed by atoms with E-state index < -0.39 is 16.1 Å². The van der Waals surface area contributed by atoms with Gasteiger partial charge in [-0.1, -0.05) is 39.8 Å². The van der Waals surface area contributed by atoms with Crippen molar-refractivity contribution in [2.75, 3.05) is 13.1 Å². The Morgan fingerprint density at radius 2 is 1.56 bits per heavy atom. The molecule has 1 aliphatic heterocycles. The Morgan fingerprint density at radius 3 is 2.04 bits per heavy atom. The number of hydrogen-bond donors (Lipinski definition) is 1. The van der Waals surface area contributed by atoms with E-state index in [2.05, 4.69) is 18.6 Å².